The second kappa shape index (κ2) is 11.1. The number of hydrogen-bond donors (Lipinski definition) is 0. The van der Waals surface area contributed by atoms with E-state index in [0.29, 0.717) is 0 Å². The Bertz CT molecular complexity index is 132. The standard InChI is InChI=1S/C9H20.C8H16/c1-4-6-7-8-9(3)5-2;1-7-3-5-8(2)6-4-7/h9H,4-8H2,1-3H3;7-8H,3-6H2,1-2H3. The van der Waals surface area contributed by atoms with Crippen molar-refractivity contribution in [2.45, 2.75) is 92.4 Å². The van der Waals surface area contributed by atoms with E-state index in [0.717, 1.165) is 17.8 Å². The maximum atomic E-state index is 2.37. The highest BCUT2D eigenvalue weighted by Crippen LogP contribution is 2.27. The number of unbranched alkanes of at least 4 members (excludes halogenated alkanes) is 2. The molecule has 1 rings (SSSR count). The molecule has 0 amide bonds. The predicted molar refractivity (Wildman–Crippen MR) is 80.4 cm³/mol. The lowest BCUT2D eigenvalue weighted by molar-refractivity contribution is 0.308. The van der Waals surface area contributed by atoms with E-state index in [1.807, 2.05) is 0 Å². The van der Waals surface area contributed by atoms with Crippen molar-refractivity contribution in [2.24, 2.45) is 17.8 Å². The quantitative estimate of drug-likeness (QED) is 0.485. The van der Waals surface area contributed by atoms with E-state index in [4.69, 9.17) is 0 Å². The Hall–Kier alpha value is 0. The van der Waals surface area contributed by atoms with Gasteiger partial charge in [0.1, 0.15) is 0 Å². The van der Waals surface area contributed by atoms with Crippen LogP contribution in [0.1, 0.15) is 92.4 Å². The van der Waals surface area contributed by atoms with Gasteiger partial charge in [0.05, 0.1) is 0 Å². The van der Waals surface area contributed by atoms with Gasteiger partial charge in [0.2, 0.25) is 0 Å². The summed E-state index contributed by atoms with van der Waals surface area (Å²) in [7, 11) is 0. The molecular formula is C17H36. The van der Waals surface area contributed by atoms with Crippen LogP contribution in [0.2, 0.25) is 0 Å². The lowest BCUT2D eigenvalue weighted by Crippen LogP contribution is -2.08. The molecule has 104 valence electrons. The first-order valence-electron chi connectivity index (χ1n) is 8.10. The van der Waals surface area contributed by atoms with E-state index in [1.54, 1.807) is 0 Å². The molecule has 0 N–H and O–H groups in total. The molecule has 0 heterocycles. The highest BCUT2D eigenvalue weighted by Gasteiger charge is 2.13. The van der Waals surface area contributed by atoms with Crippen LogP contribution in [0, 0.1) is 17.8 Å². The largest absolute Gasteiger partial charge is 0.0654 e. The SMILES string of the molecule is CC1CCC(C)CC1.CCCCCC(C)CC. The average Bonchev–Trinajstić information content (AvgIpc) is 2.34. The van der Waals surface area contributed by atoms with Gasteiger partial charge in [-0.2, -0.15) is 0 Å². The van der Waals surface area contributed by atoms with E-state index in [1.165, 1.54) is 57.8 Å². The molecule has 1 aliphatic carbocycles. The molecule has 0 aliphatic heterocycles. The van der Waals surface area contributed by atoms with Gasteiger partial charge in [-0.1, -0.05) is 92.4 Å². The van der Waals surface area contributed by atoms with Crippen molar-refractivity contribution in [3.8, 4) is 0 Å². The van der Waals surface area contributed by atoms with Crippen molar-refractivity contribution in [1.29, 1.82) is 0 Å². The van der Waals surface area contributed by atoms with Crippen molar-refractivity contribution in [1.82, 2.24) is 0 Å². The monoisotopic (exact) mass is 240 g/mol. The molecule has 0 radical (unpaired) electrons. The summed E-state index contributed by atoms with van der Waals surface area (Å²) >= 11 is 0. The van der Waals surface area contributed by atoms with Crippen LogP contribution in [0.5, 0.6) is 0 Å². The van der Waals surface area contributed by atoms with Crippen molar-refractivity contribution >= 4 is 0 Å². The summed E-state index contributed by atoms with van der Waals surface area (Å²) in [5.74, 6) is 2.99. The fourth-order valence-corrected chi connectivity index (χ4v) is 2.37. The fourth-order valence-electron chi connectivity index (χ4n) is 2.37. The van der Waals surface area contributed by atoms with Gasteiger partial charge in [0.15, 0.2) is 0 Å². The first kappa shape index (κ1) is 17.0. The molecular weight excluding hydrogens is 204 g/mol. The zero-order valence-electron chi connectivity index (χ0n) is 13.1. The zero-order valence-corrected chi connectivity index (χ0v) is 13.1. The Labute approximate surface area is 111 Å². The number of hydrogen-bond acceptors (Lipinski definition) is 0. The third-order valence-corrected chi connectivity index (χ3v) is 4.30. The summed E-state index contributed by atoms with van der Waals surface area (Å²) in [4.78, 5) is 0. The topological polar surface area (TPSA) is 0 Å². The van der Waals surface area contributed by atoms with Gasteiger partial charge in [-0.15, -0.1) is 0 Å². The molecule has 1 unspecified atom stereocenters. The average molecular weight is 240 g/mol. The summed E-state index contributed by atoms with van der Waals surface area (Å²) in [6, 6.07) is 0. The minimum atomic E-state index is 0.955. The molecule has 1 fully saturated rings. The van der Waals surface area contributed by atoms with Crippen molar-refractivity contribution < 1.29 is 0 Å². The fraction of sp³-hybridized carbons (Fsp3) is 1.00. The summed E-state index contributed by atoms with van der Waals surface area (Å²) in [5, 5.41) is 0. The van der Waals surface area contributed by atoms with Gasteiger partial charge in [0, 0.05) is 0 Å². The maximum Gasteiger partial charge on any atom is -0.0443 e. The zero-order chi connectivity index (χ0) is 13.1. The van der Waals surface area contributed by atoms with Crippen LogP contribution >= 0.6 is 0 Å². The molecule has 0 aromatic heterocycles. The maximum absolute atomic E-state index is 2.37. The summed E-state index contributed by atoms with van der Waals surface area (Å²) in [6.45, 7) is 11.6. The minimum Gasteiger partial charge on any atom is -0.0654 e. The third kappa shape index (κ3) is 10.9. The van der Waals surface area contributed by atoms with Crippen LogP contribution < -0.4 is 0 Å². The molecule has 1 saturated carbocycles. The summed E-state index contributed by atoms with van der Waals surface area (Å²) in [6.07, 6.45) is 12.9. The Morgan fingerprint density at radius 1 is 0.882 bits per heavy atom. The second-order valence-corrected chi connectivity index (χ2v) is 6.37. The summed E-state index contributed by atoms with van der Waals surface area (Å²) < 4.78 is 0. The Kier molecular flexibility index (Phi) is 11.1. The van der Waals surface area contributed by atoms with Crippen LogP contribution in [-0.2, 0) is 0 Å². The Morgan fingerprint density at radius 3 is 1.71 bits per heavy atom. The summed E-state index contributed by atoms with van der Waals surface area (Å²) in [5.41, 5.74) is 0. The van der Waals surface area contributed by atoms with Crippen LogP contribution in [0.25, 0.3) is 0 Å². The van der Waals surface area contributed by atoms with Crippen molar-refractivity contribution in [3.63, 3.8) is 0 Å². The van der Waals surface area contributed by atoms with Gasteiger partial charge in [-0.05, 0) is 17.8 Å². The van der Waals surface area contributed by atoms with Crippen molar-refractivity contribution in [3.05, 3.63) is 0 Å². The van der Waals surface area contributed by atoms with E-state index < -0.39 is 0 Å². The van der Waals surface area contributed by atoms with Gasteiger partial charge >= 0.3 is 0 Å². The van der Waals surface area contributed by atoms with Crippen molar-refractivity contribution in [2.75, 3.05) is 0 Å². The molecule has 0 aromatic carbocycles. The van der Waals surface area contributed by atoms with Gasteiger partial charge in [-0.25, -0.2) is 0 Å². The lowest BCUT2D eigenvalue weighted by Gasteiger charge is -2.22. The molecule has 0 heteroatoms. The van der Waals surface area contributed by atoms with Gasteiger partial charge in [-0.3, -0.25) is 0 Å². The van der Waals surface area contributed by atoms with Crippen LogP contribution in [0.3, 0.4) is 0 Å². The van der Waals surface area contributed by atoms with E-state index in [2.05, 4.69) is 34.6 Å². The molecule has 0 bridgehead atoms. The molecule has 1 aliphatic rings. The first-order chi connectivity index (χ1) is 8.10. The van der Waals surface area contributed by atoms with Gasteiger partial charge < -0.3 is 0 Å². The minimum absolute atomic E-state index is 0.955. The molecule has 0 aromatic rings. The Morgan fingerprint density at radius 2 is 1.35 bits per heavy atom. The first-order valence-corrected chi connectivity index (χ1v) is 8.10. The highest BCUT2D eigenvalue weighted by molar-refractivity contribution is 4.65. The number of rotatable bonds is 5. The van der Waals surface area contributed by atoms with Gasteiger partial charge in [0.25, 0.3) is 0 Å². The lowest BCUT2D eigenvalue weighted by atomic mass is 9.84. The molecule has 17 heavy (non-hydrogen) atoms. The Balaban J connectivity index is 0.000000302. The smallest absolute Gasteiger partial charge is 0.0443 e. The van der Waals surface area contributed by atoms with Crippen LogP contribution in [-0.4, -0.2) is 0 Å². The predicted octanol–water partition coefficient (Wildman–Crippen LogP) is 6.45. The van der Waals surface area contributed by atoms with Crippen LogP contribution in [0.15, 0.2) is 0 Å². The normalized spacial score (nSPS) is 25.9. The molecule has 0 nitrogen and oxygen atoms in total. The highest BCUT2D eigenvalue weighted by atomic mass is 14.2. The molecule has 0 saturated heterocycles. The van der Waals surface area contributed by atoms with E-state index >= 15 is 0 Å². The van der Waals surface area contributed by atoms with Crippen LogP contribution in [0.4, 0.5) is 0 Å². The second-order valence-electron chi connectivity index (χ2n) is 6.37. The molecule has 0 spiro atoms. The molecule has 1 atom stereocenters. The third-order valence-electron chi connectivity index (χ3n) is 4.30. The van der Waals surface area contributed by atoms with E-state index in [9.17, 15) is 0 Å². The van der Waals surface area contributed by atoms with E-state index in [-0.39, 0.29) is 0 Å².